The van der Waals surface area contributed by atoms with Crippen molar-refractivity contribution in [3.8, 4) is 0 Å². The summed E-state index contributed by atoms with van der Waals surface area (Å²) in [7, 11) is 1.54. The summed E-state index contributed by atoms with van der Waals surface area (Å²) in [6.45, 7) is 2.83. The maximum absolute atomic E-state index is 12.9. The third-order valence-electron chi connectivity index (χ3n) is 3.63. The summed E-state index contributed by atoms with van der Waals surface area (Å²) in [5.41, 5.74) is -0.715. The van der Waals surface area contributed by atoms with Crippen LogP contribution in [0.1, 0.15) is 18.9 Å². The second-order valence-corrected chi connectivity index (χ2v) is 5.08. The van der Waals surface area contributed by atoms with Crippen molar-refractivity contribution in [1.82, 2.24) is 4.98 Å². The van der Waals surface area contributed by atoms with Crippen LogP contribution in [0.5, 0.6) is 0 Å². The predicted molar refractivity (Wildman–Crippen MR) is 70.8 cm³/mol. The van der Waals surface area contributed by atoms with Gasteiger partial charge in [-0.15, -0.1) is 0 Å². The molecule has 0 aliphatic carbocycles. The minimum atomic E-state index is -4.40. The monoisotopic (exact) mass is 289 g/mol. The van der Waals surface area contributed by atoms with Gasteiger partial charge in [-0.1, -0.05) is 0 Å². The zero-order chi connectivity index (χ0) is 14.9. The molecule has 1 saturated heterocycles. The summed E-state index contributed by atoms with van der Waals surface area (Å²) in [4.78, 5) is 5.96. The van der Waals surface area contributed by atoms with Crippen molar-refractivity contribution in [2.75, 3.05) is 30.4 Å². The van der Waals surface area contributed by atoms with E-state index in [0.717, 1.165) is 18.6 Å². The molecule has 1 fully saturated rings. The molecule has 7 heteroatoms. The van der Waals surface area contributed by atoms with Crippen LogP contribution >= 0.6 is 0 Å². The number of hydrogen-bond acceptors (Lipinski definition) is 4. The van der Waals surface area contributed by atoms with Gasteiger partial charge in [0.2, 0.25) is 0 Å². The molecule has 112 valence electrons. The van der Waals surface area contributed by atoms with Crippen molar-refractivity contribution in [2.24, 2.45) is 5.92 Å². The van der Waals surface area contributed by atoms with Gasteiger partial charge in [0, 0.05) is 26.1 Å². The van der Waals surface area contributed by atoms with Gasteiger partial charge in [-0.2, -0.15) is 13.2 Å². The third kappa shape index (κ3) is 3.15. The molecular weight excluding hydrogens is 271 g/mol. The van der Waals surface area contributed by atoms with E-state index in [1.165, 1.54) is 7.05 Å². The summed E-state index contributed by atoms with van der Waals surface area (Å²) in [5.74, 6) is 0.562. The van der Waals surface area contributed by atoms with Crippen LogP contribution in [0.3, 0.4) is 0 Å². The maximum atomic E-state index is 12.9. The zero-order valence-electron chi connectivity index (χ0n) is 11.4. The Morgan fingerprint density at radius 1 is 1.45 bits per heavy atom. The molecule has 1 aromatic heterocycles. The SMILES string of the molecule is CNc1cc(C(F)(F)F)cc(N2CCC(C(C)O)C2)n1. The van der Waals surface area contributed by atoms with Gasteiger partial charge in [-0.05, 0) is 25.5 Å². The molecule has 20 heavy (non-hydrogen) atoms. The van der Waals surface area contributed by atoms with Crippen LogP contribution in [0.15, 0.2) is 12.1 Å². The van der Waals surface area contributed by atoms with E-state index >= 15 is 0 Å². The smallest absolute Gasteiger partial charge is 0.393 e. The molecular formula is C13H18F3N3O. The molecule has 1 aromatic rings. The van der Waals surface area contributed by atoms with Gasteiger partial charge in [0.05, 0.1) is 11.7 Å². The van der Waals surface area contributed by atoms with Gasteiger partial charge in [0.15, 0.2) is 0 Å². The number of anilines is 2. The highest BCUT2D eigenvalue weighted by molar-refractivity contribution is 5.51. The molecule has 0 radical (unpaired) electrons. The lowest BCUT2D eigenvalue weighted by molar-refractivity contribution is -0.137. The molecule has 0 bridgehead atoms. The van der Waals surface area contributed by atoms with E-state index in [4.69, 9.17) is 0 Å². The number of nitrogens with one attached hydrogen (secondary N) is 1. The van der Waals surface area contributed by atoms with Crippen molar-refractivity contribution in [1.29, 1.82) is 0 Å². The number of rotatable bonds is 3. The molecule has 0 spiro atoms. The second-order valence-electron chi connectivity index (χ2n) is 5.08. The minimum Gasteiger partial charge on any atom is -0.393 e. The summed E-state index contributed by atoms with van der Waals surface area (Å²) < 4.78 is 38.6. The van der Waals surface area contributed by atoms with Crippen molar-refractivity contribution >= 4 is 11.6 Å². The van der Waals surface area contributed by atoms with Crippen LogP contribution in [0.25, 0.3) is 0 Å². The number of pyridine rings is 1. The summed E-state index contributed by atoms with van der Waals surface area (Å²) in [6, 6.07) is 2.05. The average Bonchev–Trinajstić information content (AvgIpc) is 2.87. The molecule has 0 amide bonds. The first-order chi connectivity index (χ1) is 9.31. The van der Waals surface area contributed by atoms with Crippen molar-refractivity contribution in [2.45, 2.75) is 25.6 Å². The molecule has 2 atom stereocenters. The summed E-state index contributed by atoms with van der Waals surface area (Å²) >= 11 is 0. The largest absolute Gasteiger partial charge is 0.416 e. The minimum absolute atomic E-state index is 0.0735. The van der Waals surface area contributed by atoms with E-state index in [9.17, 15) is 18.3 Å². The lowest BCUT2D eigenvalue weighted by Gasteiger charge is -2.20. The van der Waals surface area contributed by atoms with Crippen LogP contribution in [-0.4, -0.2) is 36.3 Å². The number of aromatic nitrogens is 1. The van der Waals surface area contributed by atoms with Crippen molar-refractivity contribution in [3.05, 3.63) is 17.7 Å². The average molecular weight is 289 g/mol. The normalized spacial score (nSPS) is 21.1. The molecule has 1 aliphatic heterocycles. The summed E-state index contributed by atoms with van der Waals surface area (Å²) in [5, 5.41) is 12.2. The van der Waals surface area contributed by atoms with Crippen LogP contribution in [0.2, 0.25) is 0 Å². The Balaban J connectivity index is 2.28. The molecule has 1 aliphatic rings. The molecule has 4 nitrogen and oxygen atoms in total. The van der Waals surface area contributed by atoms with Crippen molar-refractivity contribution < 1.29 is 18.3 Å². The Labute approximate surface area is 115 Å². The van der Waals surface area contributed by atoms with Gasteiger partial charge < -0.3 is 15.3 Å². The number of aliphatic hydroxyl groups is 1. The fraction of sp³-hybridized carbons (Fsp3) is 0.615. The third-order valence-corrected chi connectivity index (χ3v) is 3.63. The van der Waals surface area contributed by atoms with Crippen LogP contribution in [0.4, 0.5) is 24.8 Å². The molecule has 2 heterocycles. The molecule has 2 rings (SSSR count). The van der Waals surface area contributed by atoms with Crippen LogP contribution in [0, 0.1) is 5.92 Å². The van der Waals surface area contributed by atoms with Crippen LogP contribution < -0.4 is 10.2 Å². The Kier molecular flexibility index (Phi) is 4.08. The van der Waals surface area contributed by atoms with Gasteiger partial charge in [-0.25, -0.2) is 4.98 Å². The van der Waals surface area contributed by atoms with E-state index in [2.05, 4.69) is 10.3 Å². The van der Waals surface area contributed by atoms with Gasteiger partial charge in [0.1, 0.15) is 11.6 Å². The van der Waals surface area contributed by atoms with Crippen molar-refractivity contribution in [3.63, 3.8) is 0 Å². The van der Waals surface area contributed by atoms with Gasteiger partial charge >= 0.3 is 6.18 Å². The molecule has 2 N–H and O–H groups in total. The van der Waals surface area contributed by atoms with Crippen LogP contribution in [-0.2, 0) is 6.18 Å². The Morgan fingerprint density at radius 3 is 2.65 bits per heavy atom. The molecule has 2 unspecified atom stereocenters. The van der Waals surface area contributed by atoms with E-state index in [-0.39, 0.29) is 11.7 Å². The quantitative estimate of drug-likeness (QED) is 0.897. The highest BCUT2D eigenvalue weighted by atomic mass is 19.4. The maximum Gasteiger partial charge on any atom is 0.416 e. The number of alkyl halides is 3. The number of hydrogen-bond donors (Lipinski definition) is 2. The number of halogens is 3. The lowest BCUT2D eigenvalue weighted by Crippen LogP contribution is -2.25. The fourth-order valence-corrected chi connectivity index (χ4v) is 2.36. The van der Waals surface area contributed by atoms with E-state index < -0.39 is 17.8 Å². The fourth-order valence-electron chi connectivity index (χ4n) is 2.36. The topological polar surface area (TPSA) is 48.4 Å². The van der Waals surface area contributed by atoms with Gasteiger partial charge in [0.25, 0.3) is 0 Å². The van der Waals surface area contributed by atoms with E-state index in [1.807, 2.05) is 0 Å². The summed E-state index contributed by atoms with van der Waals surface area (Å²) in [6.07, 6.45) is -4.11. The number of nitrogens with zero attached hydrogens (tertiary/aromatic N) is 2. The first kappa shape index (κ1) is 14.9. The predicted octanol–water partition coefficient (Wildman–Crippen LogP) is 2.35. The highest BCUT2D eigenvalue weighted by Crippen LogP contribution is 2.34. The molecule has 0 aromatic carbocycles. The zero-order valence-corrected chi connectivity index (χ0v) is 11.4. The van der Waals surface area contributed by atoms with E-state index in [1.54, 1.807) is 11.8 Å². The molecule has 0 saturated carbocycles. The van der Waals surface area contributed by atoms with E-state index in [0.29, 0.717) is 18.9 Å². The highest BCUT2D eigenvalue weighted by Gasteiger charge is 2.33. The number of aliphatic hydroxyl groups excluding tert-OH is 1. The first-order valence-electron chi connectivity index (χ1n) is 6.51. The van der Waals surface area contributed by atoms with Gasteiger partial charge in [-0.3, -0.25) is 0 Å². The first-order valence-corrected chi connectivity index (χ1v) is 6.51. The Morgan fingerprint density at radius 2 is 2.15 bits per heavy atom. The Bertz CT molecular complexity index is 476. The second kappa shape index (κ2) is 5.47. The Hall–Kier alpha value is -1.50. The lowest BCUT2D eigenvalue weighted by atomic mass is 10.0. The standard InChI is InChI=1S/C13H18F3N3O/c1-8(20)9-3-4-19(7-9)12-6-10(13(14,15)16)5-11(17-2)18-12/h5-6,8-9,20H,3-4,7H2,1-2H3,(H,17,18).